The Morgan fingerprint density at radius 3 is 2.84 bits per heavy atom. The normalized spacial score (nSPS) is 16.2. The molecule has 162 valence electrons. The quantitative estimate of drug-likeness (QED) is 0.631. The lowest BCUT2D eigenvalue weighted by Crippen LogP contribution is -2.40. The number of hydrogen-bond acceptors (Lipinski definition) is 6. The first-order valence-corrected chi connectivity index (χ1v) is 11.2. The van der Waals surface area contributed by atoms with E-state index in [1.807, 2.05) is 27.8 Å². The van der Waals surface area contributed by atoms with Crippen LogP contribution in [-0.2, 0) is 11.2 Å². The molecule has 3 heterocycles. The highest BCUT2D eigenvalue weighted by Gasteiger charge is 2.30. The first-order valence-electron chi connectivity index (χ1n) is 10.2. The number of piperidine rings is 1. The Hall–Kier alpha value is -3.13. The van der Waals surface area contributed by atoms with Crippen molar-refractivity contribution in [1.82, 2.24) is 14.9 Å². The number of nitrogens with one attached hydrogen (secondary N) is 1. The molecule has 1 saturated heterocycles. The summed E-state index contributed by atoms with van der Waals surface area (Å²) in [4.78, 5) is 35.1. The minimum Gasteiger partial charge on any atom is -0.497 e. The minimum absolute atomic E-state index is 0.0279. The number of aromatic nitrogens is 2. The number of hydrogen-bond donors (Lipinski definition) is 1. The molecule has 1 fully saturated rings. The molecule has 31 heavy (non-hydrogen) atoms. The highest BCUT2D eigenvalue weighted by atomic mass is 32.1. The Bertz CT molecular complexity index is 1110. The highest BCUT2D eigenvalue weighted by Crippen LogP contribution is 2.32. The van der Waals surface area contributed by atoms with Crippen molar-refractivity contribution in [2.45, 2.75) is 31.7 Å². The SMILES string of the molecule is COc1ccc(OC)c(CC(=O)N2CCCCC2c2nc(-c3ccsc3)cc(=O)[nH]2)c1. The summed E-state index contributed by atoms with van der Waals surface area (Å²) in [6, 6.07) is 8.62. The van der Waals surface area contributed by atoms with Gasteiger partial charge in [0.25, 0.3) is 5.56 Å². The molecule has 0 spiro atoms. The number of aromatic amines is 1. The topological polar surface area (TPSA) is 84.5 Å². The molecule has 0 aliphatic carbocycles. The third-order valence-electron chi connectivity index (χ3n) is 5.54. The van der Waals surface area contributed by atoms with Crippen molar-refractivity contribution < 1.29 is 14.3 Å². The van der Waals surface area contributed by atoms with E-state index < -0.39 is 0 Å². The zero-order chi connectivity index (χ0) is 21.8. The summed E-state index contributed by atoms with van der Waals surface area (Å²) < 4.78 is 10.7. The predicted molar refractivity (Wildman–Crippen MR) is 120 cm³/mol. The van der Waals surface area contributed by atoms with Crippen LogP contribution in [0, 0.1) is 0 Å². The van der Waals surface area contributed by atoms with Crippen molar-refractivity contribution in [3.63, 3.8) is 0 Å². The molecule has 0 saturated carbocycles. The maximum absolute atomic E-state index is 13.3. The number of amides is 1. The number of ether oxygens (including phenoxy) is 2. The predicted octanol–water partition coefficient (Wildman–Crippen LogP) is 3.81. The van der Waals surface area contributed by atoms with Crippen LogP contribution in [0.1, 0.15) is 36.7 Å². The molecular weight excluding hydrogens is 414 g/mol. The van der Waals surface area contributed by atoms with Crippen LogP contribution in [-0.4, -0.2) is 41.5 Å². The molecule has 0 bridgehead atoms. The fourth-order valence-corrected chi connectivity index (χ4v) is 4.64. The van der Waals surface area contributed by atoms with E-state index in [0.717, 1.165) is 30.4 Å². The lowest BCUT2D eigenvalue weighted by atomic mass is 9.99. The van der Waals surface area contributed by atoms with Gasteiger partial charge in [-0.05, 0) is 48.9 Å². The number of nitrogens with zero attached hydrogens (tertiary/aromatic N) is 2. The molecule has 4 rings (SSSR count). The molecule has 1 aromatic carbocycles. The summed E-state index contributed by atoms with van der Waals surface area (Å²) in [6.45, 7) is 0.627. The van der Waals surface area contributed by atoms with Gasteiger partial charge >= 0.3 is 0 Å². The van der Waals surface area contributed by atoms with E-state index in [1.165, 1.54) is 6.07 Å². The molecule has 7 nitrogen and oxygen atoms in total. The van der Waals surface area contributed by atoms with Crippen LogP contribution in [0.4, 0.5) is 0 Å². The average Bonchev–Trinajstić information content (AvgIpc) is 3.33. The maximum atomic E-state index is 13.3. The molecule has 1 amide bonds. The van der Waals surface area contributed by atoms with Gasteiger partial charge in [0, 0.05) is 29.1 Å². The molecule has 2 aromatic heterocycles. The number of rotatable bonds is 6. The van der Waals surface area contributed by atoms with Crippen LogP contribution in [0.15, 0.2) is 45.9 Å². The summed E-state index contributed by atoms with van der Waals surface area (Å²) >= 11 is 1.56. The number of likely N-dealkylation sites (tertiary alicyclic amines) is 1. The maximum Gasteiger partial charge on any atom is 0.251 e. The number of carbonyl (C=O) groups is 1. The van der Waals surface area contributed by atoms with Crippen molar-refractivity contribution in [2.24, 2.45) is 0 Å². The van der Waals surface area contributed by atoms with E-state index in [4.69, 9.17) is 14.5 Å². The highest BCUT2D eigenvalue weighted by molar-refractivity contribution is 7.08. The summed E-state index contributed by atoms with van der Waals surface area (Å²) in [5, 5.41) is 3.92. The van der Waals surface area contributed by atoms with Gasteiger partial charge in [0.1, 0.15) is 17.3 Å². The van der Waals surface area contributed by atoms with E-state index in [2.05, 4.69) is 4.98 Å². The van der Waals surface area contributed by atoms with Gasteiger partial charge in [-0.15, -0.1) is 0 Å². The van der Waals surface area contributed by atoms with Crippen LogP contribution in [0.5, 0.6) is 11.5 Å². The average molecular weight is 440 g/mol. The second-order valence-corrected chi connectivity index (χ2v) is 8.26. The standard InChI is InChI=1S/C23H25N3O4S/c1-29-17-6-7-20(30-2)16(11-17)12-22(28)26-9-4-3-5-19(26)23-24-18(13-21(27)25-23)15-8-10-31-14-15/h6-8,10-11,13-14,19H,3-5,9,12H2,1-2H3,(H,24,25,27). The van der Waals surface area contributed by atoms with Gasteiger partial charge in [-0.25, -0.2) is 4.98 Å². The fraction of sp³-hybridized carbons (Fsp3) is 0.348. The van der Waals surface area contributed by atoms with Gasteiger partial charge < -0.3 is 19.4 Å². The van der Waals surface area contributed by atoms with Crippen molar-refractivity contribution in [2.75, 3.05) is 20.8 Å². The molecule has 8 heteroatoms. The van der Waals surface area contributed by atoms with Gasteiger partial charge in [0.15, 0.2) is 0 Å². The number of carbonyl (C=O) groups excluding carboxylic acids is 1. The Labute approximate surface area is 184 Å². The minimum atomic E-state index is -0.260. The third kappa shape index (κ3) is 4.64. The Kier molecular flexibility index (Phi) is 6.36. The Morgan fingerprint density at radius 1 is 1.23 bits per heavy atom. The van der Waals surface area contributed by atoms with E-state index in [9.17, 15) is 9.59 Å². The van der Waals surface area contributed by atoms with Gasteiger partial charge in [-0.1, -0.05) is 0 Å². The van der Waals surface area contributed by atoms with Gasteiger partial charge in [-0.3, -0.25) is 9.59 Å². The zero-order valence-electron chi connectivity index (χ0n) is 17.6. The third-order valence-corrected chi connectivity index (χ3v) is 6.23. The van der Waals surface area contributed by atoms with Crippen molar-refractivity contribution in [3.8, 4) is 22.8 Å². The molecule has 1 unspecified atom stereocenters. The van der Waals surface area contributed by atoms with Crippen molar-refractivity contribution in [3.05, 3.63) is 62.8 Å². The molecule has 1 atom stereocenters. The van der Waals surface area contributed by atoms with Crippen LogP contribution < -0.4 is 15.0 Å². The van der Waals surface area contributed by atoms with E-state index in [-0.39, 0.29) is 23.9 Å². The number of methoxy groups -OCH3 is 2. The molecule has 1 aliphatic rings. The van der Waals surface area contributed by atoms with Gasteiger partial charge in [-0.2, -0.15) is 11.3 Å². The summed E-state index contributed by atoms with van der Waals surface area (Å²) in [5.74, 6) is 1.83. The lowest BCUT2D eigenvalue weighted by Gasteiger charge is -2.35. The van der Waals surface area contributed by atoms with E-state index in [1.54, 1.807) is 37.7 Å². The second-order valence-electron chi connectivity index (χ2n) is 7.48. The summed E-state index contributed by atoms with van der Waals surface area (Å²) in [5.41, 5.74) is 2.10. The molecule has 3 aromatic rings. The monoisotopic (exact) mass is 439 g/mol. The van der Waals surface area contributed by atoms with Crippen LogP contribution >= 0.6 is 11.3 Å². The zero-order valence-corrected chi connectivity index (χ0v) is 18.4. The first kappa shape index (κ1) is 21.1. The van der Waals surface area contributed by atoms with Crippen LogP contribution in [0.25, 0.3) is 11.3 Å². The fourth-order valence-electron chi connectivity index (χ4n) is 3.99. The van der Waals surface area contributed by atoms with Gasteiger partial charge in [0.2, 0.25) is 5.91 Å². The van der Waals surface area contributed by atoms with E-state index in [0.29, 0.717) is 29.6 Å². The number of thiophene rings is 1. The Morgan fingerprint density at radius 2 is 2.10 bits per heavy atom. The van der Waals surface area contributed by atoms with Crippen LogP contribution in [0.2, 0.25) is 0 Å². The molecule has 1 N–H and O–H groups in total. The molecule has 0 radical (unpaired) electrons. The van der Waals surface area contributed by atoms with Crippen molar-refractivity contribution >= 4 is 17.2 Å². The number of H-pyrrole nitrogens is 1. The summed E-state index contributed by atoms with van der Waals surface area (Å²) in [7, 11) is 3.18. The van der Waals surface area contributed by atoms with Crippen molar-refractivity contribution in [1.29, 1.82) is 0 Å². The summed E-state index contributed by atoms with van der Waals surface area (Å²) in [6.07, 6.45) is 2.84. The van der Waals surface area contributed by atoms with E-state index >= 15 is 0 Å². The molecule has 1 aliphatic heterocycles. The smallest absolute Gasteiger partial charge is 0.251 e. The lowest BCUT2D eigenvalue weighted by molar-refractivity contribution is -0.134. The molecular formula is C23H25N3O4S. The van der Waals surface area contributed by atoms with Gasteiger partial charge in [0.05, 0.1) is 32.4 Å². The largest absolute Gasteiger partial charge is 0.497 e. The Balaban J connectivity index is 1.63. The first-order chi connectivity index (χ1) is 15.1. The second kappa shape index (κ2) is 9.34. The number of benzene rings is 1. The van der Waals surface area contributed by atoms with Crippen LogP contribution in [0.3, 0.4) is 0 Å².